The molecule has 2 rings (SSSR count). The molecule has 4 heteroatoms. The van der Waals surface area contributed by atoms with Crippen LogP contribution >= 0.6 is 0 Å². The summed E-state index contributed by atoms with van der Waals surface area (Å²) in [6.45, 7) is 2.35. The van der Waals surface area contributed by atoms with Gasteiger partial charge in [-0.15, -0.1) is 0 Å². The third kappa shape index (κ3) is 3.51. The first-order chi connectivity index (χ1) is 9.08. The van der Waals surface area contributed by atoms with Crippen LogP contribution in [0.3, 0.4) is 0 Å². The van der Waals surface area contributed by atoms with Crippen LogP contribution in [-0.2, 0) is 6.54 Å². The number of hydrogen-bond donors (Lipinski definition) is 1. The molecule has 0 amide bonds. The Morgan fingerprint density at radius 2 is 1.84 bits per heavy atom. The minimum Gasteiger partial charge on any atom is -0.457 e. The minimum atomic E-state index is -0.382. The Hall–Kier alpha value is -1.94. The van der Waals surface area contributed by atoms with Crippen molar-refractivity contribution in [2.24, 2.45) is 0 Å². The van der Waals surface area contributed by atoms with E-state index in [0.717, 1.165) is 11.1 Å². The van der Waals surface area contributed by atoms with Crippen molar-refractivity contribution in [3.05, 3.63) is 59.2 Å². The first-order valence-electron chi connectivity index (χ1n) is 5.96. The fourth-order valence-corrected chi connectivity index (χ4v) is 1.80. The second-order valence-electron chi connectivity index (χ2n) is 4.34. The van der Waals surface area contributed by atoms with Gasteiger partial charge >= 0.3 is 0 Å². The molecule has 0 radical (unpaired) electrons. The van der Waals surface area contributed by atoms with Crippen LogP contribution in [-0.4, -0.2) is 7.05 Å². The summed E-state index contributed by atoms with van der Waals surface area (Å²) in [6.07, 6.45) is 0. The van der Waals surface area contributed by atoms with Crippen LogP contribution in [0.4, 0.5) is 8.78 Å². The van der Waals surface area contributed by atoms with E-state index in [1.165, 1.54) is 24.3 Å². The van der Waals surface area contributed by atoms with Gasteiger partial charge in [-0.1, -0.05) is 6.07 Å². The molecule has 0 saturated heterocycles. The fraction of sp³-hybridized carbons (Fsp3) is 0.200. The highest BCUT2D eigenvalue weighted by atomic mass is 19.1. The Kier molecular flexibility index (Phi) is 4.12. The van der Waals surface area contributed by atoms with E-state index in [1.807, 2.05) is 6.92 Å². The molecule has 0 aliphatic rings. The summed E-state index contributed by atoms with van der Waals surface area (Å²) in [4.78, 5) is 0. The van der Waals surface area contributed by atoms with Crippen molar-refractivity contribution in [3.63, 3.8) is 0 Å². The van der Waals surface area contributed by atoms with Gasteiger partial charge in [0.25, 0.3) is 0 Å². The zero-order valence-corrected chi connectivity index (χ0v) is 10.8. The van der Waals surface area contributed by atoms with Crippen molar-refractivity contribution < 1.29 is 13.5 Å². The van der Waals surface area contributed by atoms with E-state index in [2.05, 4.69) is 5.32 Å². The molecule has 0 spiro atoms. The van der Waals surface area contributed by atoms with E-state index < -0.39 is 0 Å². The average molecular weight is 263 g/mol. The van der Waals surface area contributed by atoms with Crippen molar-refractivity contribution in [1.82, 2.24) is 5.32 Å². The van der Waals surface area contributed by atoms with Gasteiger partial charge in [-0.3, -0.25) is 0 Å². The molecular weight excluding hydrogens is 248 g/mol. The summed E-state index contributed by atoms with van der Waals surface area (Å²) in [5, 5.41) is 2.94. The van der Waals surface area contributed by atoms with Gasteiger partial charge in [0, 0.05) is 18.7 Å². The predicted molar refractivity (Wildman–Crippen MR) is 70.4 cm³/mol. The van der Waals surface area contributed by atoms with Crippen LogP contribution in [0.5, 0.6) is 11.5 Å². The molecule has 0 heterocycles. The lowest BCUT2D eigenvalue weighted by atomic mass is 10.2. The molecule has 0 aromatic heterocycles. The van der Waals surface area contributed by atoms with E-state index in [1.54, 1.807) is 19.2 Å². The second-order valence-corrected chi connectivity index (χ2v) is 4.34. The standard InChI is InChI=1S/C15H15F2NO/c1-10-3-4-12(16)8-15(10)19-14-6-11(9-18-2)5-13(17)7-14/h3-8,18H,9H2,1-2H3. The van der Waals surface area contributed by atoms with Gasteiger partial charge < -0.3 is 10.1 Å². The lowest BCUT2D eigenvalue weighted by Crippen LogP contribution is -2.05. The minimum absolute atomic E-state index is 0.360. The molecule has 1 N–H and O–H groups in total. The summed E-state index contributed by atoms with van der Waals surface area (Å²) in [5.74, 6) is -0.00999. The van der Waals surface area contributed by atoms with Crippen LogP contribution in [0.15, 0.2) is 36.4 Å². The zero-order chi connectivity index (χ0) is 13.8. The number of hydrogen-bond acceptors (Lipinski definition) is 2. The monoisotopic (exact) mass is 263 g/mol. The van der Waals surface area contributed by atoms with E-state index in [-0.39, 0.29) is 11.6 Å². The van der Waals surface area contributed by atoms with Gasteiger partial charge in [0.15, 0.2) is 0 Å². The van der Waals surface area contributed by atoms with Gasteiger partial charge in [0.2, 0.25) is 0 Å². The van der Waals surface area contributed by atoms with Gasteiger partial charge in [-0.05, 0) is 43.3 Å². The molecule has 2 aromatic carbocycles. The second kappa shape index (κ2) is 5.80. The number of nitrogens with one attached hydrogen (secondary N) is 1. The smallest absolute Gasteiger partial charge is 0.133 e. The molecule has 19 heavy (non-hydrogen) atoms. The highest BCUT2D eigenvalue weighted by molar-refractivity contribution is 5.39. The normalized spacial score (nSPS) is 10.5. The number of rotatable bonds is 4. The Labute approximate surface area is 111 Å². The third-order valence-electron chi connectivity index (χ3n) is 2.69. The van der Waals surface area contributed by atoms with Gasteiger partial charge in [-0.25, -0.2) is 8.78 Å². The van der Waals surface area contributed by atoms with E-state index in [4.69, 9.17) is 4.74 Å². The lowest BCUT2D eigenvalue weighted by Gasteiger charge is -2.10. The summed E-state index contributed by atoms with van der Waals surface area (Å²) in [6, 6.07) is 8.71. The largest absolute Gasteiger partial charge is 0.457 e. The first-order valence-corrected chi connectivity index (χ1v) is 5.96. The topological polar surface area (TPSA) is 21.3 Å². The molecule has 2 aromatic rings. The van der Waals surface area contributed by atoms with Crippen LogP contribution in [0.1, 0.15) is 11.1 Å². The number of benzene rings is 2. The Balaban J connectivity index is 2.29. The summed E-state index contributed by atoms with van der Waals surface area (Å²) in [7, 11) is 1.78. The van der Waals surface area contributed by atoms with Crippen molar-refractivity contribution in [2.45, 2.75) is 13.5 Å². The van der Waals surface area contributed by atoms with E-state index in [0.29, 0.717) is 18.0 Å². The molecule has 2 nitrogen and oxygen atoms in total. The quantitative estimate of drug-likeness (QED) is 0.906. The SMILES string of the molecule is CNCc1cc(F)cc(Oc2cc(F)ccc2C)c1. The molecule has 100 valence electrons. The average Bonchev–Trinajstić information content (AvgIpc) is 2.33. The lowest BCUT2D eigenvalue weighted by molar-refractivity contribution is 0.466. The summed E-state index contributed by atoms with van der Waals surface area (Å²) < 4.78 is 32.2. The third-order valence-corrected chi connectivity index (χ3v) is 2.69. The molecule has 0 aliphatic carbocycles. The molecule has 0 atom stereocenters. The molecule has 0 unspecified atom stereocenters. The number of aryl methyl sites for hydroxylation is 1. The highest BCUT2D eigenvalue weighted by Gasteiger charge is 2.06. The Morgan fingerprint density at radius 3 is 2.58 bits per heavy atom. The number of halogens is 2. The predicted octanol–water partition coefficient (Wildman–Crippen LogP) is 3.78. The molecule has 0 aliphatic heterocycles. The highest BCUT2D eigenvalue weighted by Crippen LogP contribution is 2.27. The summed E-state index contributed by atoms with van der Waals surface area (Å²) >= 11 is 0. The fourth-order valence-electron chi connectivity index (χ4n) is 1.80. The molecule has 0 saturated carbocycles. The van der Waals surface area contributed by atoms with Gasteiger partial charge in [-0.2, -0.15) is 0 Å². The van der Waals surface area contributed by atoms with Crippen molar-refractivity contribution in [3.8, 4) is 11.5 Å². The maximum Gasteiger partial charge on any atom is 0.133 e. The maximum atomic E-state index is 13.5. The Bertz CT molecular complexity index is 584. The van der Waals surface area contributed by atoms with Crippen molar-refractivity contribution in [2.75, 3.05) is 7.05 Å². The zero-order valence-electron chi connectivity index (χ0n) is 10.8. The molecule has 0 fully saturated rings. The van der Waals surface area contributed by atoms with E-state index >= 15 is 0 Å². The number of ether oxygens (including phenoxy) is 1. The summed E-state index contributed by atoms with van der Waals surface area (Å²) in [5.41, 5.74) is 1.56. The van der Waals surface area contributed by atoms with Crippen LogP contribution in [0.25, 0.3) is 0 Å². The van der Waals surface area contributed by atoms with Crippen LogP contribution in [0.2, 0.25) is 0 Å². The van der Waals surface area contributed by atoms with Crippen LogP contribution in [0, 0.1) is 18.6 Å². The molecule has 0 bridgehead atoms. The van der Waals surface area contributed by atoms with Crippen LogP contribution < -0.4 is 10.1 Å². The Morgan fingerprint density at radius 1 is 1.05 bits per heavy atom. The van der Waals surface area contributed by atoms with Gasteiger partial charge in [0.1, 0.15) is 23.1 Å². The van der Waals surface area contributed by atoms with Gasteiger partial charge in [0.05, 0.1) is 0 Å². The van der Waals surface area contributed by atoms with Crippen molar-refractivity contribution in [1.29, 1.82) is 0 Å². The van der Waals surface area contributed by atoms with Crippen molar-refractivity contribution >= 4 is 0 Å². The van der Waals surface area contributed by atoms with E-state index in [9.17, 15) is 8.78 Å². The first kappa shape index (κ1) is 13.5. The maximum absolute atomic E-state index is 13.5. The molecular formula is C15H15F2NO.